The molecule has 1 N–H and O–H groups in total. The van der Waals surface area contributed by atoms with Crippen LogP contribution in [0.1, 0.15) is 11.1 Å². The highest BCUT2D eigenvalue weighted by atomic mass is 16.6. The molecule has 0 radical (unpaired) electrons. The lowest BCUT2D eigenvalue weighted by Gasteiger charge is -2.16. The van der Waals surface area contributed by atoms with Gasteiger partial charge in [0.05, 0.1) is 23.3 Å². The van der Waals surface area contributed by atoms with Crippen LogP contribution in [0.25, 0.3) is 5.57 Å². The second kappa shape index (κ2) is 8.35. The zero-order valence-electron chi connectivity index (χ0n) is 17.4. The number of anilines is 2. The third-order valence-electron chi connectivity index (χ3n) is 5.19. The Hall–Kier alpha value is -4.46. The van der Waals surface area contributed by atoms with Gasteiger partial charge in [0.1, 0.15) is 11.4 Å². The number of nitro groups is 1. The van der Waals surface area contributed by atoms with Crippen LogP contribution in [0.15, 0.2) is 78.5 Å². The summed E-state index contributed by atoms with van der Waals surface area (Å²) < 4.78 is 5.15. The number of aryl methyl sites for hydroxylation is 1. The van der Waals surface area contributed by atoms with Crippen LogP contribution in [-0.2, 0) is 9.59 Å². The second-order valence-corrected chi connectivity index (χ2v) is 7.14. The number of amides is 2. The summed E-state index contributed by atoms with van der Waals surface area (Å²) in [5.41, 5.74) is 2.51. The molecule has 0 unspecified atom stereocenters. The lowest BCUT2D eigenvalue weighted by molar-refractivity contribution is -0.384. The van der Waals surface area contributed by atoms with E-state index >= 15 is 0 Å². The minimum absolute atomic E-state index is 0.105. The van der Waals surface area contributed by atoms with Crippen molar-refractivity contribution in [3.63, 3.8) is 0 Å². The molecule has 0 saturated carbocycles. The van der Waals surface area contributed by atoms with Crippen molar-refractivity contribution in [2.24, 2.45) is 0 Å². The van der Waals surface area contributed by atoms with E-state index in [9.17, 15) is 19.7 Å². The number of carbonyl (C=O) groups excluding carboxylic acids is 2. The van der Waals surface area contributed by atoms with Crippen LogP contribution in [0, 0.1) is 17.0 Å². The average Bonchev–Trinajstić information content (AvgIpc) is 3.04. The molecule has 0 bridgehead atoms. The summed E-state index contributed by atoms with van der Waals surface area (Å²) in [7, 11) is 1.53. The molecule has 1 aliphatic rings. The van der Waals surface area contributed by atoms with Crippen molar-refractivity contribution in [1.29, 1.82) is 0 Å². The van der Waals surface area contributed by atoms with Crippen molar-refractivity contribution in [2.45, 2.75) is 6.92 Å². The molecule has 32 heavy (non-hydrogen) atoms. The van der Waals surface area contributed by atoms with E-state index in [2.05, 4.69) is 5.32 Å². The summed E-state index contributed by atoms with van der Waals surface area (Å²) >= 11 is 0. The Kier molecular flexibility index (Phi) is 5.43. The minimum atomic E-state index is -0.523. The molecule has 4 rings (SSSR count). The number of benzene rings is 3. The van der Waals surface area contributed by atoms with Crippen LogP contribution in [0.5, 0.6) is 5.75 Å². The van der Waals surface area contributed by atoms with Crippen LogP contribution in [0.3, 0.4) is 0 Å². The van der Waals surface area contributed by atoms with Crippen LogP contribution in [-0.4, -0.2) is 23.8 Å². The number of nitrogens with zero attached hydrogens (tertiary/aromatic N) is 2. The van der Waals surface area contributed by atoms with Gasteiger partial charge in [-0.3, -0.25) is 19.7 Å². The molecule has 8 nitrogen and oxygen atoms in total. The number of nitrogens with one attached hydrogen (secondary N) is 1. The van der Waals surface area contributed by atoms with Gasteiger partial charge < -0.3 is 10.1 Å². The Morgan fingerprint density at radius 3 is 2.16 bits per heavy atom. The van der Waals surface area contributed by atoms with Gasteiger partial charge in [0.15, 0.2) is 0 Å². The number of nitro benzene ring substituents is 1. The van der Waals surface area contributed by atoms with Gasteiger partial charge in [-0.15, -0.1) is 0 Å². The topological polar surface area (TPSA) is 102 Å². The molecular weight excluding hydrogens is 410 g/mol. The molecule has 3 aromatic carbocycles. The smallest absolute Gasteiger partial charge is 0.282 e. The van der Waals surface area contributed by atoms with Gasteiger partial charge in [0.25, 0.3) is 17.5 Å². The normalized spacial score (nSPS) is 13.5. The second-order valence-electron chi connectivity index (χ2n) is 7.14. The average molecular weight is 429 g/mol. The zero-order valence-corrected chi connectivity index (χ0v) is 17.4. The van der Waals surface area contributed by atoms with Crippen LogP contribution >= 0.6 is 0 Å². The van der Waals surface area contributed by atoms with Crippen molar-refractivity contribution in [1.82, 2.24) is 0 Å². The number of hydrogen-bond donors (Lipinski definition) is 1. The summed E-state index contributed by atoms with van der Waals surface area (Å²) in [4.78, 5) is 38.4. The van der Waals surface area contributed by atoms with Crippen molar-refractivity contribution in [3.05, 3.63) is 99.7 Å². The number of methoxy groups -OCH3 is 1. The maximum Gasteiger partial charge on any atom is 0.282 e. The number of para-hydroxylation sites is 1. The summed E-state index contributed by atoms with van der Waals surface area (Å²) in [5.74, 6) is -0.448. The largest absolute Gasteiger partial charge is 0.497 e. The van der Waals surface area contributed by atoms with Gasteiger partial charge in [-0.1, -0.05) is 18.2 Å². The van der Waals surface area contributed by atoms with E-state index in [-0.39, 0.29) is 17.0 Å². The fourth-order valence-corrected chi connectivity index (χ4v) is 3.48. The maximum atomic E-state index is 13.4. The lowest BCUT2D eigenvalue weighted by atomic mass is 10.0. The molecule has 0 aliphatic carbocycles. The third-order valence-corrected chi connectivity index (χ3v) is 5.19. The van der Waals surface area contributed by atoms with Crippen LogP contribution in [0.2, 0.25) is 0 Å². The standard InChI is InChI=1S/C24H19N3O5/c1-15-5-3-4-6-20(15)25-22-21(16-7-9-18(10-8-16)27(30)31)23(28)26(24(22)29)17-11-13-19(32-2)14-12-17/h3-14,25H,1-2H3. The Bertz CT molecular complexity index is 1250. The van der Waals surface area contributed by atoms with Gasteiger partial charge in [-0.05, 0) is 60.5 Å². The Balaban J connectivity index is 1.81. The van der Waals surface area contributed by atoms with E-state index in [4.69, 9.17) is 4.74 Å². The molecule has 1 aliphatic heterocycles. The zero-order chi connectivity index (χ0) is 22.8. The first-order valence-corrected chi connectivity index (χ1v) is 9.75. The SMILES string of the molecule is COc1ccc(N2C(=O)C(Nc3ccccc3C)=C(c3ccc([N+](=O)[O-])cc3)C2=O)cc1. The van der Waals surface area contributed by atoms with Gasteiger partial charge in [-0.25, -0.2) is 4.90 Å². The molecule has 0 aromatic heterocycles. The molecule has 8 heteroatoms. The van der Waals surface area contributed by atoms with Gasteiger partial charge >= 0.3 is 0 Å². The van der Waals surface area contributed by atoms with Crippen molar-refractivity contribution < 1.29 is 19.2 Å². The molecule has 0 atom stereocenters. The molecule has 3 aromatic rings. The Labute approximate surface area is 183 Å². The Morgan fingerprint density at radius 2 is 1.56 bits per heavy atom. The molecule has 0 spiro atoms. The van der Waals surface area contributed by atoms with Gasteiger partial charge in [-0.2, -0.15) is 0 Å². The van der Waals surface area contributed by atoms with E-state index < -0.39 is 16.7 Å². The predicted octanol–water partition coefficient (Wildman–Crippen LogP) is 4.31. The van der Waals surface area contributed by atoms with Crippen LogP contribution in [0.4, 0.5) is 17.1 Å². The molecule has 2 amide bonds. The van der Waals surface area contributed by atoms with E-state index in [0.717, 1.165) is 10.5 Å². The highest BCUT2D eigenvalue weighted by Crippen LogP contribution is 2.35. The predicted molar refractivity (Wildman–Crippen MR) is 120 cm³/mol. The summed E-state index contributed by atoms with van der Waals surface area (Å²) in [6.07, 6.45) is 0. The molecule has 1 heterocycles. The summed E-state index contributed by atoms with van der Waals surface area (Å²) in [5, 5.41) is 14.1. The fourth-order valence-electron chi connectivity index (χ4n) is 3.48. The number of imide groups is 1. The van der Waals surface area contributed by atoms with Crippen molar-refractivity contribution in [2.75, 3.05) is 17.3 Å². The first-order valence-electron chi connectivity index (χ1n) is 9.75. The number of rotatable bonds is 6. The molecular formula is C24H19N3O5. The number of ether oxygens (including phenoxy) is 1. The van der Waals surface area contributed by atoms with Gasteiger partial charge in [0.2, 0.25) is 0 Å². The fraction of sp³-hybridized carbons (Fsp3) is 0.0833. The number of non-ortho nitro benzene ring substituents is 1. The van der Waals surface area contributed by atoms with Crippen molar-refractivity contribution >= 4 is 34.4 Å². The van der Waals surface area contributed by atoms with Crippen molar-refractivity contribution in [3.8, 4) is 5.75 Å². The summed E-state index contributed by atoms with van der Waals surface area (Å²) in [6, 6.07) is 19.5. The highest BCUT2D eigenvalue weighted by molar-refractivity contribution is 6.46. The Morgan fingerprint density at radius 1 is 0.906 bits per heavy atom. The first-order chi connectivity index (χ1) is 15.4. The lowest BCUT2D eigenvalue weighted by Crippen LogP contribution is -2.32. The molecule has 0 saturated heterocycles. The minimum Gasteiger partial charge on any atom is -0.497 e. The van der Waals surface area contributed by atoms with E-state index in [1.807, 2.05) is 31.2 Å². The van der Waals surface area contributed by atoms with E-state index in [1.165, 1.54) is 31.4 Å². The molecule has 0 fully saturated rings. The maximum absolute atomic E-state index is 13.4. The van der Waals surface area contributed by atoms with E-state index in [1.54, 1.807) is 24.3 Å². The number of hydrogen-bond acceptors (Lipinski definition) is 6. The van der Waals surface area contributed by atoms with Gasteiger partial charge in [0, 0.05) is 17.8 Å². The monoisotopic (exact) mass is 429 g/mol. The van der Waals surface area contributed by atoms with Crippen LogP contribution < -0.4 is 15.0 Å². The third kappa shape index (κ3) is 3.69. The molecule has 160 valence electrons. The summed E-state index contributed by atoms with van der Waals surface area (Å²) in [6.45, 7) is 1.89. The quantitative estimate of drug-likeness (QED) is 0.356. The van der Waals surface area contributed by atoms with E-state index in [0.29, 0.717) is 22.7 Å². The highest BCUT2D eigenvalue weighted by Gasteiger charge is 2.40. The number of carbonyl (C=O) groups is 2. The first kappa shape index (κ1) is 20.8.